The summed E-state index contributed by atoms with van der Waals surface area (Å²) >= 11 is 0. The van der Waals surface area contributed by atoms with Crippen molar-refractivity contribution in [3.8, 4) is 0 Å². The Morgan fingerprint density at radius 2 is 1.74 bits per heavy atom. The molecule has 1 aromatic carbocycles. The van der Waals surface area contributed by atoms with E-state index in [0.29, 0.717) is 18.0 Å². The van der Waals surface area contributed by atoms with Crippen molar-refractivity contribution in [1.29, 1.82) is 0 Å². The molecule has 19 heavy (non-hydrogen) atoms. The van der Waals surface area contributed by atoms with Crippen molar-refractivity contribution in [3.05, 3.63) is 29.8 Å². The average Bonchev–Trinajstić information content (AvgIpc) is 2.26. The van der Waals surface area contributed by atoms with E-state index in [2.05, 4.69) is 5.32 Å². The van der Waals surface area contributed by atoms with E-state index in [1.165, 1.54) is 6.26 Å². The lowest BCUT2D eigenvalue weighted by Crippen LogP contribution is -2.26. The molecule has 0 aliphatic heterocycles. The zero-order valence-electron chi connectivity index (χ0n) is 12.1. The number of ether oxygens (including phenoxy) is 1. The summed E-state index contributed by atoms with van der Waals surface area (Å²) in [6.45, 7) is 8.21. The molecule has 0 radical (unpaired) electrons. The summed E-state index contributed by atoms with van der Waals surface area (Å²) in [7, 11) is -3.11. The smallest absolute Gasteiger partial charge is 0.175 e. The van der Waals surface area contributed by atoms with Crippen molar-refractivity contribution < 1.29 is 13.2 Å². The molecule has 1 N–H and O–H groups in total. The second kappa shape index (κ2) is 6.50. The van der Waals surface area contributed by atoms with Crippen LogP contribution in [0.4, 0.5) is 0 Å². The second-order valence-corrected chi connectivity index (χ2v) is 7.57. The molecule has 0 spiro atoms. The van der Waals surface area contributed by atoms with Gasteiger partial charge in [0.1, 0.15) is 0 Å². The summed E-state index contributed by atoms with van der Waals surface area (Å²) in [5.41, 5.74) is 0.946. The number of nitrogens with one attached hydrogen (secondary N) is 1. The van der Waals surface area contributed by atoms with Crippen LogP contribution in [-0.2, 0) is 21.1 Å². The number of rotatable bonds is 6. The summed E-state index contributed by atoms with van der Waals surface area (Å²) < 4.78 is 28.2. The van der Waals surface area contributed by atoms with E-state index in [0.717, 1.165) is 12.1 Å². The van der Waals surface area contributed by atoms with E-state index in [4.69, 9.17) is 4.74 Å². The van der Waals surface area contributed by atoms with Gasteiger partial charge >= 0.3 is 0 Å². The first kappa shape index (κ1) is 16.1. The summed E-state index contributed by atoms with van der Waals surface area (Å²) in [5.74, 6) is 0. The normalized spacial score (nSPS) is 12.6. The third-order valence-corrected chi connectivity index (χ3v) is 3.62. The van der Waals surface area contributed by atoms with Crippen LogP contribution in [0.3, 0.4) is 0 Å². The van der Waals surface area contributed by atoms with Gasteiger partial charge < -0.3 is 10.1 Å². The highest BCUT2D eigenvalue weighted by atomic mass is 32.2. The Kier molecular flexibility index (Phi) is 5.52. The highest BCUT2D eigenvalue weighted by Crippen LogP contribution is 2.10. The molecule has 0 atom stereocenters. The predicted octanol–water partition coefficient (Wildman–Crippen LogP) is 1.99. The average molecular weight is 285 g/mol. The number of hydrogen-bond acceptors (Lipinski definition) is 4. The van der Waals surface area contributed by atoms with Gasteiger partial charge in [0.2, 0.25) is 0 Å². The third-order valence-electron chi connectivity index (χ3n) is 2.49. The lowest BCUT2D eigenvalue weighted by atomic mass is 10.2. The summed E-state index contributed by atoms with van der Waals surface area (Å²) in [6, 6.07) is 6.93. The quantitative estimate of drug-likeness (QED) is 0.812. The minimum atomic E-state index is -3.11. The van der Waals surface area contributed by atoms with Crippen LogP contribution in [0.5, 0.6) is 0 Å². The topological polar surface area (TPSA) is 55.4 Å². The molecule has 0 bridgehead atoms. The molecule has 0 aliphatic rings. The maximum atomic E-state index is 11.3. The van der Waals surface area contributed by atoms with E-state index in [1.54, 1.807) is 12.1 Å². The first-order valence-corrected chi connectivity index (χ1v) is 8.21. The predicted molar refractivity (Wildman–Crippen MR) is 77.0 cm³/mol. The Bertz CT molecular complexity index is 486. The highest BCUT2D eigenvalue weighted by molar-refractivity contribution is 7.90. The molecule has 0 saturated heterocycles. The molecule has 0 amide bonds. The first-order valence-electron chi connectivity index (χ1n) is 6.32. The summed E-state index contributed by atoms with van der Waals surface area (Å²) in [6.07, 6.45) is 1.21. The molecule has 0 aliphatic carbocycles. The van der Waals surface area contributed by atoms with E-state index in [1.807, 2.05) is 32.9 Å². The second-order valence-electron chi connectivity index (χ2n) is 5.55. The van der Waals surface area contributed by atoms with E-state index >= 15 is 0 Å². The maximum absolute atomic E-state index is 11.3. The Morgan fingerprint density at radius 3 is 2.21 bits per heavy atom. The van der Waals surface area contributed by atoms with Crippen molar-refractivity contribution in [2.24, 2.45) is 0 Å². The zero-order chi connectivity index (χ0) is 14.5. The first-order chi connectivity index (χ1) is 8.68. The standard InChI is InChI=1S/C14H23NO3S/c1-14(2,3)18-10-9-15-11-12-5-7-13(8-6-12)19(4,16)17/h5-8,15H,9-11H2,1-4H3. The van der Waals surface area contributed by atoms with Crippen molar-refractivity contribution >= 4 is 9.84 Å². The lowest BCUT2D eigenvalue weighted by molar-refractivity contribution is -0.000886. The maximum Gasteiger partial charge on any atom is 0.175 e. The summed E-state index contributed by atoms with van der Waals surface area (Å²) in [4.78, 5) is 0.354. The molecule has 0 saturated carbocycles. The molecule has 0 unspecified atom stereocenters. The fourth-order valence-electron chi connectivity index (χ4n) is 1.52. The van der Waals surface area contributed by atoms with Gasteiger partial charge in [-0.3, -0.25) is 0 Å². The van der Waals surface area contributed by atoms with Gasteiger partial charge in [0.05, 0.1) is 17.1 Å². The van der Waals surface area contributed by atoms with Crippen molar-refractivity contribution in [2.45, 2.75) is 37.8 Å². The van der Waals surface area contributed by atoms with Gasteiger partial charge in [-0.15, -0.1) is 0 Å². The zero-order valence-corrected chi connectivity index (χ0v) is 12.9. The van der Waals surface area contributed by atoms with Crippen LogP contribution in [0.1, 0.15) is 26.3 Å². The molecule has 0 aromatic heterocycles. The van der Waals surface area contributed by atoms with Crippen LogP contribution in [-0.4, -0.2) is 33.4 Å². The van der Waals surface area contributed by atoms with Crippen LogP contribution in [0.2, 0.25) is 0 Å². The molecule has 0 heterocycles. The van der Waals surface area contributed by atoms with Crippen molar-refractivity contribution in [2.75, 3.05) is 19.4 Å². The van der Waals surface area contributed by atoms with Gasteiger partial charge in [0.25, 0.3) is 0 Å². The van der Waals surface area contributed by atoms with Gasteiger partial charge in [-0.25, -0.2) is 8.42 Å². The highest BCUT2D eigenvalue weighted by Gasteiger charge is 2.09. The van der Waals surface area contributed by atoms with E-state index in [9.17, 15) is 8.42 Å². The van der Waals surface area contributed by atoms with Gasteiger partial charge in [-0.2, -0.15) is 0 Å². The third kappa shape index (κ3) is 6.71. The van der Waals surface area contributed by atoms with Gasteiger partial charge in [0, 0.05) is 19.3 Å². The minimum absolute atomic E-state index is 0.112. The number of benzene rings is 1. The molecule has 1 rings (SSSR count). The van der Waals surface area contributed by atoms with Crippen LogP contribution in [0.25, 0.3) is 0 Å². The molecular formula is C14H23NO3S. The number of sulfone groups is 1. The van der Waals surface area contributed by atoms with Gasteiger partial charge in [0.15, 0.2) is 9.84 Å². The van der Waals surface area contributed by atoms with Gasteiger partial charge in [-0.1, -0.05) is 12.1 Å². The minimum Gasteiger partial charge on any atom is -0.375 e. The van der Waals surface area contributed by atoms with Crippen LogP contribution in [0, 0.1) is 0 Å². The molecular weight excluding hydrogens is 262 g/mol. The molecule has 4 nitrogen and oxygen atoms in total. The lowest BCUT2D eigenvalue weighted by Gasteiger charge is -2.19. The monoisotopic (exact) mass is 285 g/mol. The summed E-state index contributed by atoms with van der Waals surface area (Å²) in [5, 5.41) is 3.26. The number of hydrogen-bond donors (Lipinski definition) is 1. The molecule has 1 aromatic rings. The Labute approximate surface area is 116 Å². The fraction of sp³-hybridized carbons (Fsp3) is 0.571. The molecule has 0 fully saturated rings. The SMILES string of the molecule is CC(C)(C)OCCNCc1ccc(S(C)(=O)=O)cc1. The van der Waals surface area contributed by atoms with E-state index < -0.39 is 9.84 Å². The Morgan fingerprint density at radius 1 is 1.16 bits per heavy atom. The fourth-order valence-corrected chi connectivity index (χ4v) is 2.15. The Balaban J connectivity index is 2.35. The van der Waals surface area contributed by atoms with Crippen LogP contribution in [0.15, 0.2) is 29.2 Å². The van der Waals surface area contributed by atoms with Crippen molar-refractivity contribution in [3.63, 3.8) is 0 Å². The van der Waals surface area contributed by atoms with Crippen molar-refractivity contribution in [1.82, 2.24) is 5.32 Å². The molecule has 5 heteroatoms. The molecule has 108 valence electrons. The van der Waals surface area contributed by atoms with Crippen LogP contribution >= 0.6 is 0 Å². The van der Waals surface area contributed by atoms with E-state index in [-0.39, 0.29) is 5.60 Å². The Hall–Kier alpha value is -0.910. The van der Waals surface area contributed by atoms with Crippen LogP contribution < -0.4 is 5.32 Å². The van der Waals surface area contributed by atoms with Gasteiger partial charge in [-0.05, 0) is 38.5 Å². The largest absolute Gasteiger partial charge is 0.375 e.